The Morgan fingerprint density at radius 2 is 2.10 bits per heavy atom. The highest BCUT2D eigenvalue weighted by molar-refractivity contribution is 5.73. The third-order valence-corrected chi connectivity index (χ3v) is 3.78. The summed E-state index contributed by atoms with van der Waals surface area (Å²) < 4.78 is 1.66. The van der Waals surface area contributed by atoms with Gasteiger partial charge in [0, 0.05) is 0 Å². The average Bonchev–Trinajstić information content (AvgIpc) is 2.96. The number of hydrogen-bond donors (Lipinski definition) is 1. The number of aromatic nitrogens is 4. The van der Waals surface area contributed by atoms with Gasteiger partial charge in [0.15, 0.2) is 5.82 Å². The van der Waals surface area contributed by atoms with Crippen LogP contribution in [0.3, 0.4) is 0 Å². The molecule has 21 heavy (non-hydrogen) atoms. The van der Waals surface area contributed by atoms with Crippen LogP contribution in [-0.4, -0.2) is 48.8 Å². The van der Waals surface area contributed by atoms with Crippen LogP contribution in [0, 0.1) is 0 Å². The van der Waals surface area contributed by atoms with Gasteiger partial charge in [-0.15, -0.1) is 5.10 Å². The molecule has 2 heterocycles. The number of likely N-dealkylation sites (tertiary alicyclic amines) is 1. The van der Waals surface area contributed by atoms with Gasteiger partial charge >= 0.3 is 5.97 Å². The minimum absolute atomic E-state index is 0.443. The number of tetrazole rings is 1. The van der Waals surface area contributed by atoms with Gasteiger partial charge in [-0.3, -0.25) is 9.69 Å². The summed E-state index contributed by atoms with van der Waals surface area (Å²) in [6.45, 7) is 1.21. The molecule has 0 amide bonds. The van der Waals surface area contributed by atoms with Gasteiger partial charge in [0.1, 0.15) is 6.04 Å². The number of carbonyl (C=O) groups is 1. The maximum absolute atomic E-state index is 11.3. The van der Waals surface area contributed by atoms with Gasteiger partial charge < -0.3 is 5.11 Å². The van der Waals surface area contributed by atoms with Crippen LogP contribution in [0.1, 0.15) is 25.1 Å². The third kappa shape index (κ3) is 2.92. The Bertz CT molecular complexity index is 613. The first-order valence-corrected chi connectivity index (χ1v) is 7.05. The Morgan fingerprint density at radius 3 is 2.86 bits per heavy atom. The molecular weight excluding hydrogens is 270 g/mol. The number of carboxylic acid groups (broad SMARTS) is 1. The van der Waals surface area contributed by atoms with Crippen LogP contribution in [0.2, 0.25) is 0 Å². The second-order valence-corrected chi connectivity index (χ2v) is 5.16. The highest BCUT2D eigenvalue weighted by Crippen LogP contribution is 2.19. The largest absolute Gasteiger partial charge is 0.480 e. The molecule has 0 spiro atoms. The molecule has 0 unspecified atom stereocenters. The number of rotatable bonds is 4. The van der Waals surface area contributed by atoms with Crippen LogP contribution < -0.4 is 0 Å². The van der Waals surface area contributed by atoms with Crippen molar-refractivity contribution in [2.45, 2.75) is 31.8 Å². The smallest absolute Gasteiger partial charge is 0.320 e. The second kappa shape index (κ2) is 6.01. The Labute approximate surface area is 122 Å². The Morgan fingerprint density at radius 1 is 1.29 bits per heavy atom. The molecular formula is C14H17N5O2. The van der Waals surface area contributed by atoms with Crippen molar-refractivity contribution in [1.29, 1.82) is 0 Å². The first kappa shape index (κ1) is 13.7. The van der Waals surface area contributed by atoms with Crippen molar-refractivity contribution < 1.29 is 9.90 Å². The molecule has 1 aliphatic heterocycles. The molecule has 2 aromatic rings. The highest BCUT2D eigenvalue weighted by Gasteiger charge is 2.29. The molecule has 110 valence electrons. The Kier molecular flexibility index (Phi) is 3.92. The molecule has 0 radical (unpaired) electrons. The molecule has 1 aromatic heterocycles. The van der Waals surface area contributed by atoms with E-state index in [1.54, 1.807) is 4.68 Å². The summed E-state index contributed by atoms with van der Waals surface area (Å²) in [5.74, 6) is -0.109. The van der Waals surface area contributed by atoms with E-state index in [1.807, 2.05) is 35.2 Å². The lowest BCUT2D eigenvalue weighted by atomic mass is 10.0. The molecule has 1 aliphatic rings. The minimum atomic E-state index is -0.770. The predicted molar refractivity (Wildman–Crippen MR) is 74.8 cm³/mol. The molecule has 1 saturated heterocycles. The molecule has 0 bridgehead atoms. The molecule has 1 atom stereocenters. The fourth-order valence-corrected chi connectivity index (χ4v) is 2.72. The van der Waals surface area contributed by atoms with E-state index >= 15 is 0 Å². The molecule has 7 heteroatoms. The van der Waals surface area contributed by atoms with Crippen LogP contribution in [0.4, 0.5) is 0 Å². The number of piperidine rings is 1. The van der Waals surface area contributed by atoms with Crippen LogP contribution in [0.25, 0.3) is 5.69 Å². The van der Waals surface area contributed by atoms with Crippen LogP contribution in [0.5, 0.6) is 0 Å². The van der Waals surface area contributed by atoms with E-state index in [9.17, 15) is 9.90 Å². The van der Waals surface area contributed by atoms with Crippen molar-refractivity contribution in [3.8, 4) is 5.69 Å². The minimum Gasteiger partial charge on any atom is -0.480 e. The van der Waals surface area contributed by atoms with Crippen molar-refractivity contribution in [3.05, 3.63) is 36.2 Å². The maximum atomic E-state index is 11.3. The normalized spacial score (nSPS) is 19.5. The van der Waals surface area contributed by atoms with Crippen molar-refractivity contribution in [1.82, 2.24) is 25.1 Å². The number of para-hydroxylation sites is 1. The van der Waals surface area contributed by atoms with Gasteiger partial charge in [0.25, 0.3) is 0 Å². The maximum Gasteiger partial charge on any atom is 0.320 e. The summed E-state index contributed by atoms with van der Waals surface area (Å²) in [6, 6.07) is 9.16. The second-order valence-electron chi connectivity index (χ2n) is 5.16. The Hall–Kier alpha value is -2.28. The quantitative estimate of drug-likeness (QED) is 0.906. The van der Waals surface area contributed by atoms with Crippen molar-refractivity contribution in [2.24, 2.45) is 0 Å². The van der Waals surface area contributed by atoms with Gasteiger partial charge in [0.05, 0.1) is 12.2 Å². The molecule has 1 fully saturated rings. The van der Waals surface area contributed by atoms with Crippen molar-refractivity contribution >= 4 is 5.97 Å². The van der Waals surface area contributed by atoms with Gasteiger partial charge in [-0.05, 0) is 41.9 Å². The summed E-state index contributed by atoms with van der Waals surface area (Å²) in [5, 5.41) is 21.1. The van der Waals surface area contributed by atoms with Crippen molar-refractivity contribution in [3.63, 3.8) is 0 Å². The first-order valence-electron chi connectivity index (χ1n) is 7.05. The van der Waals surface area contributed by atoms with E-state index in [0.29, 0.717) is 18.8 Å². The summed E-state index contributed by atoms with van der Waals surface area (Å²) >= 11 is 0. The number of benzene rings is 1. The lowest BCUT2D eigenvalue weighted by molar-refractivity contribution is -0.144. The molecule has 3 rings (SSSR count). The summed E-state index contributed by atoms with van der Waals surface area (Å²) in [5.41, 5.74) is 0.876. The lowest BCUT2D eigenvalue weighted by Gasteiger charge is -2.32. The zero-order valence-corrected chi connectivity index (χ0v) is 11.6. The van der Waals surface area contributed by atoms with E-state index in [-0.39, 0.29) is 0 Å². The van der Waals surface area contributed by atoms with Gasteiger partial charge in [0.2, 0.25) is 0 Å². The number of nitrogens with zero attached hydrogens (tertiary/aromatic N) is 5. The van der Waals surface area contributed by atoms with Gasteiger partial charge in [-0.25, -0.2) is 0 Å². The average molecular weight is 287 g/mol. The van der Waals surface area contributed by atoms with Gasteiger partial charge in [-0.2, -0.15) is 4.68 Å². The topological polar surface area (TPSA) is 84.1 Å². The number of aliphatic carboxylic acids is 1. The fourth-order valence-electron chi connectivity index (χ4n) is 2.72. The summed E-state index contributed by atoms with van der Waals surface area (Å²) in [7, 11) is 0. The molecule has 1 N–H and O–H groups in total. The summed E-state index contributed by atoms with van der Waals surface area (Å²) in [6.07, 6.45) is 2.65. The van der Waals surface area contributed by atoms with Crippen LogP contribution in [-0.2, 0) is 11.3 Å². The lowest BCUT2D eigenvalue weighted by Crippen LogP contribution is -2.44. The zero-order chi connectivity index (χ0) is 14.7. The molecule has 0 saturated carbocycles. The zero-order valence-electron chi connectivity index (χ0n) is 11.6. The monoisotopic (exact) mass is 287 g/mol. The van der Waals surface area contributed by atoms with Gasteiger partial charge in [-0.1, -0.05) is 24.6 Å². The van der Waals surface area contributed by atoms with E-state index in [4.69, 9.17) is 0 Å². The summed E-state index contributed by atoms with van der Waals surface area (Å²) in [4.78, 5) is 13.3. The standard InChI is InChI=1S/C14H17N5O2/c20-14(21)12-8-4-5-9-18(12)10-13-15-16-17-19(13)11-6-2-1-3-7-11/h1-3,6-7,12H,4-5,8-10H2,(H,20,21)/t12-/m0/s1. The number of carboxylic acids is 1. The Balaban J connectivity index is 1.82. The molecule has 1 aromatic carbocycles. The first-order chi connectivity index (χ1) is 10.3. The van der Waals surface area contributed by atoms with Crippen molar-refractivity contribution in [2.75, 3.05) is 6.54 Å². The third-order valence-electron chi connectivity index (χ3n) is 3.78. The highest BCUT2D eigenvalue weighted by atomic mass is 16.4. The molecule has 0 aliphatic carbocycles. The number of hydrogen-bond acceptors (Lipinski definition) is 5. The van der Waals surface area contributed by atoms with E-state index in [1.165, 1.54) is 0 Å². The fraction of sp³-hybridized carbons (Fsp3) is 0.429. The van der Waals surface area contributed by atoms with Crippen LogP contribution in [0.15, 0.2) is 30.3 Å². The van der Waals surface area contributed by atoms with E-state index in [2.05, 4.69) is 15.5 Å². The SMILES string of the molecule is O=C(O)[C@@H]1CCCCN1Cc1nnnn1-c1ccccc1. The van der Waals surface area contributed by atoms with E-state index in [0.717, 1.165) is 25.1 Å². The molecule has 7 nitrogen and oxygen atoms in total. The predicted octanol–water partition coefficient (Wildman–Crippen LogP) is 1.10. The van der Waals surface area contributed by atoms with E-state index < -0.39 is 12.0 Å². The van der Waals surface area contributed by atoms with Crippen LogP contribution >= 0.6 is 0 Å².